The Hall–Kier alpha value is -3.06. The molecule has 0 radical (unpaired) electrons. The van der Waals surface area contributed by atoms with Gasteiger partial charge in [-0.05, 0) is 43.2 Å². The van der Waals surface area contributed by atoms with Gasteiger partial charge < -0.3 is 9.32 Å². The molecule has 0 spiro atoms. The summed E-state index contributed by atoms with van der Waals surface area (Å²) < 4.78 is 19.3. The molecule has 1 saturated heterocycles. The van der Waals surface area contributed by atoms with Crippen LogP contribution in [0.2, 0.25) is 0 Å². The quantitative estimate of drug-likeness (QED) is 0.677. The summed E-state index contributed by atoms with van der Waals surface area (Å²) in [4.78, 5) is 16.6. The maximum absolute atomic E-state index is 13.4. The average molecular weight is 394 g/mol. The predicted octanol–water partition coefficient (Wildman–Crippen LogP) is 3.53. The van der Waals surface area contributed by atoms with Gasteiger partial charge in [-0.3, -0.25) is 9.69 Å². The van der Waals surface area contributed by atoms with Gasteiger partial charge in [0, 0.05) is 37.3 Å². The van der Waals surface area contributed by atoms with Crippen molar-refractivity contribution >= 4 is 5.91 Å². The lowest BCUT2D eigenvalue weighted by Gasteiger charge is -2.21. The number of aromatic nitrogens is 2. The zero-order valence-corrected chi connectivity index (χ0v) is 16.3. The zero-order valence-electron chi connectivity index (χ0n) is 16.3. The van der Waals surface area contributed by atoms with Gasteiger partial charge >= 0.3 is 0 Å². The van der Waals surface area contributed by atoms with Gasteiger partial charge in [0.25, 0.3) is 5.91 Å². The number of amides is 1. The highest BCUT2D eigenvalue weighted by Crippen LogP contribution is 2.22. The Morgan fingerprint density at radius 2 is 1.93 bits per heavy atom. The van der Waals surface area contributed by atoms with Crippen LogP contribution < -0.4 is 0 Å². The van der Waals surface area contributed by atoms with Gasteiger partial charge in [0.15, 0.2) is 0 Å². The number of hydrogen-bond acceptors (Lipinski definition) is 5. The molecule has 1 aromatic heterocycles. The van der Waals surface area contributed by atoms with E-state index in [2.05, 4.69) is 15.1 Å². The summed E-state index contributed by atoms with van der Waals surface area (Å²) in [7, 11) is 0. The Bertz CT molecular complexity index is 1000. The van der Waals surface area contributed by atoms with Gasteiger partial charge in [0.05, 0.1) is 6.54 Å². The van der Waals surface area contributed by atoms with E-state index >= 15 is 0 Å². The summed E-state index contributed by atoms with van der Waals surface area (Å²) in [6.07, 6.45) is 0.833. The number of carbonyl (C=O) groups is 1. The number of nitrogens with zero attached hydrogens (tertiary/aromatic N) is 4. The number of halogens is 1. The lowest BCUT2D eigenvalue weighted by molar-refractivity contribution is 0.0760. The van der Waals surface area contributed by atoms with Crippen molar-refractivity contribution in [2.45, 2.75) is 19.9 Å². The van der Waals surface area contributed by atoms with E-state index in [1.54, 1.807) is 17.0 Å². The molecule has 7 heteroatoms. The van der Waals surface area contributed by atoms with E-state index in [0.29, 0.717) is 43.5 Å². The molecule has 1 aliphatic heterocycles. The van der Waals surface area contributed by atoms with Crippen LogP contribution in [0.1, 0.15) is 28.2 Å². The third kappa shape index (κ3) is 4.51. The minimum Gasteiger partial charge on any atom is -0.419 e. The summed E-state index contributed by atoms with van der Waals surface area (Å²) in [5, 5.41) is 8.37. The first-order valence-corrected chi connectivity index (χ1v) is 9.76. The molecule has 2 aromatic carbocycles. The van der Waals surface area contributed by atoms with Crippen molar-refractivity contribution in [1.82, 2.24) is 20.0 Å². The Morgan fingerprint density at radius 1 is 1.07 bits per heavy atom. The Labute approximate surface area is 169 Å². The standard InChI is InChI=1S/C22H23FN4O2/c1-16-6-2-3-9-19(16)21-25-24-20(29-21)15-26-10-5-11-27(13-12-26)22(28)17-7-4-8-18(23)14-17/h2-4,6-9,14H,5,10-13,15H2,1H3. The smallest absolute Gasteiger partial charge is 0.254 e. The molecule has 4 rings (SSSR count). The lowest BCUT2D eigenvalue weighted by Crippen LogP contribution is -2.35. The summed E-state index contributed by atoms with van der Waals surface area (Å²) in [5.74, 6) is 0.558. The van der Waals surface area contributed by atoms with Crippen molar-refractivity contribution in [3.63, 3.8) is 0 Å². The minimum atomic E-state index is -0.395. The highest BCUT2D eigenvalue weighted by Gasteiger charge is 2.22. The Balaban J connectivity index is 1.38. The third-order valence-corrected chi connectivity index (χ3v) is 5.15. The van der Waals surface area contributed by atoms with E-state index in [9.17, 15) is 9.18 Å². The third-order valence-electron chi connectivity index (χ3n) is 5.15. The molecule has 0 N–H and O–H groups in total. The summed E-state index contributed by atoms with van der Waals surface area (Å²) in [6.45, 7) is 5.30. The molecule has 0 saturated carbocycles. The molecule has 0 aliphatic carbocycles. The molecule has 150 valence electrons. The van der Waals surface area contributed by atoms with Crippen LogP contribution in [-0.4, -0.2) is 52.1 Å². The molecule has 2 heterocycles. The van der Waals surface area contributed by atoms with Crippen molar-refractivity contribution in [3.05, 3.63) is 71.4 Å². The predicted molar refractivity (Wildman–Crippen MR) is 107 cm³/mol. The Morgan fingerprint density at radius 3 is 2.76 bits per heavy atom. The normalized spacial score (nSPS) is 15.3. The summed E-state index contributed by atoms with van der Waals surface area (Å²) in [6, 6.07) is 13.8. The topological polar surface area (TPSA) is 62.5 Å². The fraction of sp³-hybridized carbons (Fsp3) is 0.318. The number of hydrogen-bond donors (Lipinski definition) is 0. The molecule has 3 aromatic rings. The molecule has 0 unspecified atom stereocenters. The van der Waals surface area contributed by atoms with E-state index in [0.717, 1.165) is 24.1 Å². The number of benzene rings is 2. The van der Waals surface area contributed by atoms with E-state index in [-0.39, 0.29) is 5.91 Å². The van der Waals surface area contributed by atoms with Gasteiger partial charge in [0.1, 0.15) is 5.82 Å². The lowest BCUT2D eigenvalue weighted by atomic mass is 10.1. The van der Waals surface area contributed by atoms with E-state index < -0.39 is 5.82 Å². The van der Waals surface area contributed by atoms with Crippen molar-refractivity contribution in [3.8, 4) is 11.5 Å². The van der Waals surface area contributed by atoms with Gasteiger partial charge in [0.2, 0.25) is 11.8 Å². The summed E-state index contributed by atoms with van der Waals surface area (Å²) >= 11 is 0. The number of rotatable bonds is 4. The molecule has 6 nitrogen and oxygen atoms in total. The molecule has 1 fully saturated rings. The summed E-state index contributed by atoms with van der Waals surface area (Å²) in [5.41, 5.74) is 2.41. The highest BCUT2D eigenvalue weighted by atomic mass is 19.1. The molecule has 0 bridgehead atoms. The van der Waals surface area contributed by atoms with Gasteiger partial charge in [-0.2, -0.15) is 0 Å². The van der Waals surface area contributed by atoms with Crippen LogP contribution in [0.3, 0.4) is 0 Å². The second-order valence-corrected chi connectivity index (χ2v) is 7.25. The van der Waals surface area contributed by atoms with Crippen LogP contribution >= 0.6 is 0 Å². The second kappa shape index (κ2) is 8.53. The van der Waals surface area contributed by atoms with Crippen molar-refractivity contribution in [2.75, 3.05) is 26.2 Å². The van der Waals surface area contributed by atoms with E-state index in [1.165, 1.54) is 12.1 Å². The fourth-order valence-corrected chi connectivity index (χ4v) is 3.57. The first-order chi connectivity index (χ1) is 14.1. The average Bonchev–Trinajstić information content (AvgIpc) is 3.05. The Kier molecular flexibility index (Phi) is 5.67. The van der Waals surface area contributed by atoms with Crippen LogP contribution in [0.25, 0.3) is 11.5 Å². The number of aryl methyl sites for hydroxylation is 1. The SMILES string of the molecule is Cc1ccccc1-c1nnc(CN2CCCN(C(=O)c3cccc(F)c3)CC2)o1. The molecule has 1 amide bonds. The maximum Gasteiger partial charge on any atom is 0.254 e. The fourth-order valence-electron chi connectivity index (χ4n) is 3.57. The van der Waals surface area contributed by atoms with Crippen LogP contribution in [0.15, 0.2) is 52.9 Å². The zero-order chi connectivity index (χ0) is 20.2. The van der Waals surface area contributed by atoms with Crippen LogP contribution in [0.5, 0.6) is 0 Å². The molecule has 1 aliphatic rings. The van der Waals surface area contributed by atoms with Gasteiger partial charge in [-0.25, -0.2) is 4.39 Å². The molecule has 0 atom stereocenters. The maximum atomic E-state index is 13.4. The van der Waals surface area contributed by atoms with Crippen LogP contribution in [-0.2, 0) is 6.54 Å². The van der Waals surface area contributed by atoms with Crippen molar-refractivity contribution < 1.29 is 13.6 Å². The van der Waals surface area contributed by atoms with Crippen molar-refractivity contribution in [2.24, 2.45) is 0 Å². The van der Waals surface area contributed by atoms with Crippen LogP contribution in [0.4, 0.5) is 4.39 Å². The first-order valence-electron chi connectivity index (χ1n) is 9.76. The second-order valence-electron chi connectivity index (χ2n) is 7.25. The van der Waals surface area contributed by atoms with Gasteiger partial charge in [-0.15, -0.1) is 10.2 Å². The molecule has 29 heavy (non-hydrogen) atoms. The monoisotopic (exact) mass is 394 g/mol. The highest BCUT2D eigenvalue weighted by molar-refractivity contribution is 5.94. The van der Waals surface area contributed by atoms with Crippen molar-refractivity contribution in [1.29, 1.82) is 0 Å². The van der Waals surface area contributed by atoms with E-state index in [4.69, 9.17) is 4.42 Å². The first kappa shape index (κ1) is 19.3. The number of carbonyl (C=O) groups excluding carboxylic acids is 1. The minimum absolute atomic E-state index is 0.133. The van der Waals surface area contributed by atoms with E-state index in [1.807, 2.05) is 31.2 Å². The molecular weight excluding hydrogens is 371 g/mol. The largest absolute Gasteiger partial charge is 0.419 e. The van der Waals surface area contributed by atoms with Gasteiger partial charge in [-0.1, -0.05) is 24.3 Å². The van der Waals surface area contributed by atoms with Crippen LogP contribution in [0, 0.1) is 12.7 Å². The molecular formula is C22H23FN4O2.